The Labute approximate surface area is 251 Å². The molecule has 1 saturated heterocycles. The van der Waals surface area contributed by atoms with Crippen molar-refractivity contribution >= 4 is 40.6 Å². The highest BCUT2D eigenvalue weighted by atomic mass is 32.2. The number of anilines is 1. The summed E-state index contributed by atoms with van der Waals surface area (Å²) in [6.07, 6.45) is 1.64. The highest BCUT2D eigenvalue weighted by Crippen LogP contribution is 2.35. The predicted molar refractivity (Wildman–Crippen MR) is 166 cm³/mol. The third kappa shape index (κ3) is 7.53. The zero-order valence-corrected chi connectivity index (χ0v) is 25.6. The van der Waals surface area contributed by atoms with Crippen molar-refractivity contribution in [3.63, 3.8) is 0 Å². The van der Waals surface area contributed by atoms with Gasteiger partial charge in [0.25, 0.3) is 17.1 Å². The van der Waals surface area contributed by atoms with Crippen molar-refractivity contribution in [1.29, 1.82) is 0 Å². The monoisotopic (exact) mass is 588 g/mol. The summed E-state index contributed by atoms with van der Waals surface area (Å²) in [7, 11) is 1.49. The van der Waals surface area contributed by atoms with E-state index in [0.29, 0.717) is 22.0 Å². The number of carbonyl (C=O) groups is 3. The fourth-order valence-electron chi connectivity index (χ4n) is 4.43. The number of methoxy groups -OCH3 is 1. The first kappa shape index (κ1) is 30.7. The molecule has 9 heteroatoms. The molecule has 3 aromatic rings. The first-order valence-electron chi connectivity index (χ1n) is 13.7. The Morgan fingerprint density at radius 1 is 0.929 bits per heavy atom. The minimum Gasteiger partial charge on any atom is -0.493 e. The van der Waals surface area contributed by atoms with Crippen molar-refractivity contribution in [3.05, 3.63) is 87.3 Å². The number of benzene rings is 3. The van der Waals surface area contributed by atoms with Crippen LogP contribution in [0, 0.1) is 20.8 Å². The van der Waals surface area contributed by atoms with Gasteiger partial charge in [-0.15, -0.1) is 0 Å². The van der Waals surface area contributed by atoms with Crippen LogP contribution in [0.2, 0.25) is 0 Å². The van der Waals surface area contributed by atoms with Crippen LogP contribution < -0.4 is 19.5 Å². The zero-order valence-electron chi connectivity index (χ0n) is 24.8. The second-order valence-corrected chi connectivity index (χ2v) is 11.4. The molecule has 0 saturated carbocycles. The Bertz CT molecular complexity index is 1530. The van der Waals surface area contributed by atoms with E-state index in [1.165, 1.54) is 12.0 Å². The summed E-state index contributed by atoms with van der Waals surface area (Å²) in [4.78, 5) is 39.7. The van der Waals surface area contributed by atoms with E-state index in [9.17, 15) is 14.4 Å². The molecule has 1 aliphatic heterocycles. The molecule has 0 bridgehead atoms. The maximum Gasteiger partial charge on any atom is 0.293 e. The molecule has 0 radical (unpaired) electrons. The van der Waals surface area contributed by atoms with Crippen LogP contribution in [0.1, 0.15) is 47.6 Å². The molecule has 0 atom stereocenters. The van der Waals surface area contributed by atoms with E-state index in [-0.39, 0.29) is 42.7 Å². The van der Waals surface area contributed by atoms with Crippen LogP contribution in [0.15, 0.2) is 59.5 Å². The molecule has 0 aliphatic carbocycles. The van der Waals surface area contributed by atoms with Crippen LogP contribution in [-0.4, -0.2) is 48.8 Å². The molecule has 1 fully saturated rings. The number of ether oxygens (including phenoxy) is 3. The number of imide groups is 1. The van der Waals surface area contributed by atoms with Crippen molar-refractivity contribution < 1.29 is 28.6 Å². The van der Waals surface area contributed by atoms with Crippen molar-refractivity contribution in [2.24, 2.45) is 0 Å². The van der Waals surface area contributed by atoms with Crippen LogP contribution in [0.3, 0.4) is 0 Å². The van der Waals surface area contributed by atoms with Gasteiger partial charge in [-0.05, 0) is 96.6 Å². The van der Waals surface area contributed by atoms with Crippen molar-refractivity contribution in [2.75, 3.05) is 32.2 Å². The zero-order chi connectivity index (χ0) is 30.4. The number of amides is 3. The van der Waals surface area contributed by atoms with Gasteiger partial charge in [0.2, 0.25) is 0 Å². The minimum absolute atomic E-state index is 0.147. The summed E-state index contributed by atoms with van der Waals surface area (Å²) in [6.45, 7) is 10.2. The molecule has 1 aliphatic rings. The van der Waals surface area contributed by atoms with Gasteiger partial charge in [-0.25, -0.2) is 0 Å². The average molecular weight is 589 g/mol. The summed E-state index contributed by atoms with van der Waals surface area (Å²) in [5.74, 6) is 1.17. The number of thioether (sulfide) groups is 1. The standard InChI is InChI=1S/C33H36N2O6S/c1-20(2)25-11-8-22(4)16-28(25)40-14-13-35-32(37)30(42-33(35)38)18-24-10-12-27(29(17-24)39-6)41-19-31(36)34-26-15-21(3)7-9-23(26)5/h7-12,15-18,20H,13-14,19H2,1-6H3,(H,34,36)/b30-18-. The lowest BCUT2D eigenvalue weighted by atomic mass is 10.0. The van der Waals surface area contributed by atoms with Crippen LogP contribution in [-0.2, 0) is 9.59 Å². The minimum atomic E-state index is -0.371. The summed E-state index contributed by atoms with van der Waals surface area (Å²) >= 11 is 0.886. The van der Waals surface area contributed by atoms with Gasteiger partial charge in [0.15, 0.2) is 18.1 Å². The fourth-order valence-corrected chi connectivity index (χ4v) is 5.29. The molecule has 0 unspecified atom stereocenters. The van der Waals surface area contributed by atoms with Crippen LogP contribution in [0.4, 0.5) is 10.5 Å². The highest BCUT2D eigenvalue weighted by Gasteiger charge is 2.35. The Morgan fingerprint density at radius 2 is 1.67 bits per heavy atom. The Balaban J connectivity index is 1.37. The summed E-state index contributed by atoms with van der Waals surface area (Å²) in [6, 6.07) is 17.0. The van der Waals surface area contributed by atoms with E-state index < -0.39 is 0 Å². The highest BCUT2D eigenvalue weighted by molar-refractivity contribution is 8.18. The van der Waals surface area contributed by atoms with E-state index in [2.05, 4.69) is 19.2 Å². The molecule has 42 heavy (non-hydrogen) atoms. The summed E-state index contributed by atoms with van der Waals surface area (Å²) in [5.41, 5.74) is 5.56. The average Bonchev–Trinajstić information content (AvgIpc) is 3.21. The lowest BCUT2D eigenvalue weighted by Crippen LogP contribution is -2.32. The first-order valence-corrected chi connectivity index (χ1v) is 14.5. The Kier molecular flexibility index (Phi) is 9.96. The number of hydrogen-bond acceptors (Lipinski definition) is 7. The van der Waals surface area contributed by atoms with Gasteiger partial charge in [-0.3, -0.25) is 19.3 Å². The third-order valence-corrected chi connectivity index (χ3v) is 7.66. The van der Waals surface area contributed by atoms with Crippen molar-refractivity contribution in [2.45, 2.75) is 40.5 Å². The quantitative estimate of drug-likeness (QED) is 0.244. The van der Waals surface area contributed by atoms with E-state index in [0.717, 1.165) is 45.5 Å². The van der Waals surface area contributed by atoms with Crippen molar-refractivity contribution in [3.8, 4) is 17.2 Å². The van der Waals surface area contributed by atoms with E-state index in [1.807, 2.05) is 57.2 Å². The molecule has 3 amide bonds. The summed E-state index contributed by atoms with van der Waals surface area (Å²) in [5, 5.41) is 2.52. The maximum absolute atomic E-state index is 13.0. The van der Waals surface area contributed by atoms with Gasteiger partial charge in [0.05, 0.1) is 18.6 Å². The number of hydrogen-bond donors (Lipinski definition) is 1. The Hall–Kier alpha value is -4.24. The molecule has 0 aromatic heterocycles. The molecule has 220 valence electrons. The lowest BCUT2D eigenvalue weighted by molar-refractivity contribution is -0.123. The smallest absolute Gasteiger partial charge is 0.293 e. The number of carbonyl (C=O) groups excluding carboxylic acids is 3. The molecule has 1 heterocycles. The number of rotatable bonds is 11. The maximum atomic E-state index is 13.0. The number of nitrogens with one attached hydrogen (secondary N) is 1. The Morgan fingerprint density at radius 3 is 2.40 bits per heavy atom. The molecule has 1 N–H and O–H groups in total. The number of nitrogens with zero attached hydrogens (tertiary/aromatic N) is 1. The summed E-state index contributed by atoms with van der Waals surface area (Å²) < 4.78 is 17.2. The molecule has 3 aromatic carbocycles. The number of aryl methyl sites for hydroxylation is 3. The van der Waals surface area contributed by atoms with E-state index in [4.69, 9.17) is 14.2 Å². The van der Waals surface area contributed by atoms with Gasteiger partial charge in [-0.1, -0.05) is 44.2 Å². The fraction of sp³-hybridized carbons (Fsp3) is 0.303. The van der Waals surface area contributed by atoms with Crippen LogP contribution >= 0.6 is 11.8 Å². The van der Waals surface area contributed by atoms with Gasteiger partial charge < -0.3 is 19.5 Å². The molecular weight excluding hydrogens is 552 g/mol. The largest absolute Gasteiger partial charge is 0.493 e. The molecular formula is C33H36N2O6S. The van der Waals surface area contributed by atoms with E-state index in [1.54, 1.807) is 24.3 Å². The normalized spacial score (nSPS) is 14.1. The predicted octanol–water partition coefficient (Wildman–Crippen LogP) is 6.88. The molecule has 4 rings (SSSR count). The lowest BCUT2D eigenvalue weighted by Gasteiger charge is -2.17. The first-order chi connectivity index (χ1) is 20.0. The molecule has 0 spiro atoms. The topological polar surface area (TPSA) is 94.2 Å². The van der Waals surface area contributed by atoms with Crippen LogP contribution in [0.5, 0.6) is 17.2 Å². The third-order valence-electron chi connectivity index (χ3n) is 6.75. The van der Waals surface area contributed by atoms with Crippen LogP contribution in [0.25, 0.3) is 6.08 Å². The van der Waals surface area contributed by atoms with Crippen molar-refractivity contribution in [1.82, 2.24) is 4.90 Å². The second-order valence-electron chi connectivity index (χ2n) is 10.4. The molecule has 8 nitrogen and oxygen atoms in total. The van der Waals surface area contributed by atoms with Gasteiger partial charge in [0.1, 0.15) is 12.4 Å². The SMILES string of the molecule is COc1cc(/C=C2\SC(=O)N(CCOc3cc(C)ccc3C(C)C)C2=O)ccc1OCC(=O)Nc1cc(C)ccc1C. The van der Waals surface area contributed by atoms with Gasteiger partial charge in [-0.2, -0.15) is 0 Å². The van der Waals surface area contributed by atoms with Gasteiger partial charge >= 0.3 is 0 Å². The van der Waals surface area contributed by atoms with E-state index >= 15 is 0 Å². The van der Waals surface area contributed by atoms with Gasteiger partial charge in [0, 0.05) is 5.69 Å². The second kappa shape index (κ2) is 13.6.